The Bertz CT molecular complexity index is 1140. The Labute approximate surface area is 185 Å². The van der Waals surface area contributed by atoms with Crippen molar-refractivity contribution in [2.75, 3.05) is 6.61 Å². The zero-order valence-electron chi connectivity index (χ0n) is 18.2. The lowest BCUT2D eigenvalue weighted by Crippen LogP contribution is -2.27. The molecule has 0 unspecified atom stereocenters. The molecule has 3 rings (SSSR count). The number of carbonyl (C=O) groups is 1. The number of esters is 1. The maximum atomic E-state index is 12.8. The van der Waals surface area contributed by atoms with Gasteiger partial charge in [0, 0.05) is 11.1 Å². The third kappa shape index (κ3) is 5.39. The van der Waals surface area contributed by atoms with Gasteiger partial charge in [0.15, 0.2) is 6.10 Å². The lowest BCUT2D eigenvalue weighted by Gasteiger charge is -2.15. The van der Waals surface area contributed by atoms with E-state index in [0.29, 0.717) is 34.1 Å². The van der Waals surface area contributed by atoms with E-state index in [2.05, 4.69) is 0 Å². The third-order valence-electron chi connectivity index (χ3n) is 4.56. The Kier molecular flexibility index (Phi) is 6.91. The van der Waals surface area contributed by atoms with Gasteiger partial charge in [-0.05, 0) is 62.1 Å². The molecule has 31 heavy (non-hydrogen) atoms. The van der Waals surface area contributed by atoms with Crippen LogP contribution in [0.15, 0.2) is 45.8 Å². The first-order chi connectivity index (χ1) is 14.7. The van der Waals surface area contributed by atoms with Crippen molar-refractivity contribution in [1.82, 2.24) is 0 Å². The van der Waals surface area contributed by atoms with Crippen LogP contribution in [0.1, 0.15) is 31.9 Å². The van der Waals surface area contributed by atoms with Crippen molar-refractivity contribution in [2.24, 2.45) is 5.92 Å². The Balaban J connectivity index is 1.80. The van der Waals surface area contributed by atoms with Gasteiger partial charge in [0.1, 0.15) is 23.3 Å². The minimum atomic E-state index is -0.790. The molecule has 0 aliphatic carbocycles. The summed E-state index contributed by atoms with van der Waals surface area (Å²) >= 11 is 6.19. The number of benzene rings is 2. The van der Waals surface area contributed by atoms with Crippen LogP contribution in [0.4, 0.5) is 0 Å². The molecule has 164 valence electrons. The molecule has 7 heteroatoms. The van der Waals surface area contributed by atoms with Gasteiger partial charge in [-0.25, -0.2) is 4.79 Å². The summed E-state index contributed by atoms with van der Waals surface area (Å²) < 4.78 is 22.2. The molecule has 1 atom stereocenters. The topological polar surface area (TPSA) is 75.0 Å². The predicted octanol–water partition coefficient (Wildman–Crippen LogP) is 5.82. The highest BCUT2D eigenvalue weighted by Gasteiger charge is 2.18. The van der Waals surface area contributed by atoms with Crippen LogP contribution in [-0.2, 0) is 9.53 Å². The van der Waals surface area contributed by atoms with E-state index in [4.69, 9.17) is 30.2 Å². The molecule has 1 heterocycles. The van der Waals surface area contributed by atoms with Gasteiger partial charge in [-0.1, -0.05) is 25.4 Å². The standard InChI is InChI=1S/C24H25ClO6/c1-13(2)11-29-24(27)16(5)30-17-6-7-19-20(10-17)28-12-21(23(19)26)31-18-8-14(3)22(25)15(4)9-18/h6-10,12-13,16H,11H2,1-5H3/t16-/m1/s1. The summed E-state index contributed by atoms with van der Waals surface area (Å²) in [4.78, 5) is 24.8. The fraction of sp³-hybridized carbons (Fsp3) is 0.333. The number of hydrogen-bond acceptors (Lipinski definition) is 6. The van der Waals surface area contributed by atoms with E-state index in [1.807, 2.05) is 27.7 Å². The Hall–Kier alpha value is -2.99. The highest BCUT2D eigenvalue weighted by atomic mass is 35.5. The molecule has 0 bridgehead atoms. The summed E-state index contributed by atoms with van der Waals surface area (Å²) in [6, 6.07) is 8.26. The summed E-state index contributed by atoms with van der Waals surface area (Å²) in [5.41, 5.74) is 1.71. The van der Waals surface area contributed by atoms with E-state index in [1.165, 1.54) is 6.26 Å². The third-order valence-corrected chi connectivity index (χ3v) is 5.15. The lowest BCUT2D eigenvalue weighted by atomic mass is 10.1. The van der Waals surface area contributed by atoms with Crippen molar-refractivity contribution in [3.05, 3.63) is 63.0 Å². The van der Waals surface area contributed by atoms with Crippen LogP contribution < -0.4 is 14.9 Å². The first-order valence-electron chi connectivity index (χ1n) is 9.99. The minimum Gasteiger partial charge on any atom is -0.479 e. The van der Waals surface area contributed by atoms with Crippen LogP contribution >= 0.6 is 11.6 Å². The minimum absolute atomic E-state index is 0.0629. The quantitative estimate of drug-likeness (QED) is 0.427. The number of fused-ring (bicyclic) bond motifs is 1. The summed E-state index contributed by atoms with van der Waals surface area (Å²) in [6.45, 7) is 9.58. The lowest BCUT2D eigenvalue weighted by molar-refractivity contribution is -0.152. The molecule has 0 saturated heterocycles. The molecule has 0 aliphatic heterocycles. The zero-order chi connectivity index (χ0) is 22.7. The van der Waals surface area contributed by atoms with E-state index in [1.54, 1.807) is 37.3 Å². The largest absolute Gasteiger partial charge is 0.479 e. The Morgan fingerprint density at radius 2 is 1.74 bits per heavy atom. The fourth-order valence-corrected chi connectivity index (χ4v) is 3.05. The van der Waals surface area contributed by atoms with E-state index in [-0.39, 0.29) is 17.1 Å². The molecule has 0 spiro atoms. The second kappa shape index (κ2) is 9.43. The predicted molar refractivity (Wildman–Crippen MR) is 119 cm³/mol. The average molecular weight is 445 g/mol. The molecule has 0 saturated carbocycles. The summed E-state index contributed by atoms with van der Waals surface area (Å²) in [5, 5.41) is 0.995. The van der Waals surface area contributed by atoms with E-state index in [0.717, 1.165) is 11.1 Å². The first-order valence-corrected chi connectivity index (χ1v) is 10.4. The van der Waals surface area contributed by atoms with Gasteiger partial charge in [0.25, 0.3) is 0 Å². The second-order valence-corrected chi connectivity index (χ2v) is 8.22. The molecule has 0 radical (unpaired) electrons. The van der Waals surface area contributed by atoms with Crippen molar-refractivity contribution in [3.63, 3.8) is 0 Å². The van der Waals surface area contributed by atoms with Gasteiger partial charge in [-0.3, -0.25) is 4.79 Å². The van der Waals surface area contributed by atoms with Crippen LogP contribution in [0.5, 0.6) is 17.2 Å². The SMILES string of the molecule is Cc1cc(Oc2coc3cc(O[C@H](C)C(=O)OCC(C)C)ccc3c2=O)cc(C)c1Cl. The number of carbonyl (C=O) groups excluding carboxylic acids is 1. The first kappa shape index (κ1) is 22.7. The molecule has 0 aliphatic rings. The van der Waals surface area contributed by atoms with Crippen molar-refractivity contribution in [2.45, 2.75) is 40.7 Å². The van der Waals surface area contributed by atoms with Crippen LogP contribution in [0.25, 0.3) is 11.0 Å². The number of rotatable bonds is 7. The highest BCUT2D eigenvalue weighted by molar-refractivity contribution is 6.32. The maximum absolute atomic E-state index is 12.8. The molecule has 2 aromatic carbocycles. The molecule has 0 amide bonds. The molecule has 6 nitrogen and oxygen atoms in total. The Morgan fingerprint density at radius 1 is 1.06 bits per heavy atom. The monoisotopic (exact) mass is 444 g/mol. The van der Waals surface area contributed by atoms with Gasteiger partial charge in [0.05, 0.1) is 12.0 Å². The average Bonchev–Trinajstić information content (AvgIpc) is 2.72. The van der Waals surface area contributed by atoms with Crippen LogP contribution in [-0.4, -0.2) is 18.7 Å². The highest BCUT2D eigenvalue weighted by Crippen LogP contribution is 2.29. The summed E-state index contributed by atoms with van der Waals surface area (Å²) in [5.74, 6) is 0.741. The number of hydrogen-bond donors (Lipinski definition) is 0. The zero-order valence-corrected chi connectivity index (χ0v) is 18.9. The normalized spacial score (nSPS) is 12.1. The van der Waals surface area contributed by atoms with Crippen molar-refractivity contribution < 1.29 is 23.4 Å². The molecule has 0 fully saturated rings. The van der Waals surface area contributed by atoms with Crippen molar-refractivity contribution in [1.29, 1.82) is 0 Å². The fourth-order valence-electron chi connectivity index (χ4n) is 2.95. The molecule has 0 N–H and O–H groups in total. The van der Waals surface area contributed by atoms with Gasteiger partial charge >= 0.3 is 5.97 Å². The molecule has 1 aromatic heterocycles. The Morgan fingerprint density at radius 3 is 2.39 bits per heavy atom. The van der Waals surface area contributed by atoms with Crippen LogP contribution in [0, 0.1) is 19.8 Å². The van der Waals surface area contributed by atoms with E-state index < -0.39 is 12.1 Å². The van der Waals surface area contributed by atoms with Gasteiger partial charge < -0.3 is 18.6 Å². The molecular formula is C24H25ClO6. The maximum Gasteiger partial charge on any atom is 0.347 e. The van der Waals surface area contributed by atoms with Crippen molar-refractivity contribution >= 4 is 28.5 Å². The van der Waals surface area contributed by atoms with Gasteiger partial charge in [0.2, 0.25) is 11.2 Å². The number of aryl methyl sites for hydroxylation is 2. The second-order valence-electron chi connectivity index (χ2n) is 7.84. The van der Waals surface area contributed by atoms with Crippen LogP contribution in [0.3, 0.4) is 0 Å². The molecular weight excluding hydrogens is 420 g/mol. The van der Waals surface area contributed by atoms with Crippen molar-refractivity contribution in [3.8, 4) is 17.2 Å². The summed E-state index contributed by atoms with van der Waals surface area (Å²) in [6.07, 6.45) is 0.468. The van der Waals surface area contributed by atoms with E-state index >= 15 is 0 Å². The smallest absolute Gasteiger partial charge is 0.347 e. The number of ether oxygens (including phenoxy) is 3. The summed E-state index contributed by atoms with van der Waals surface area (Å²) in [7, 11) is 0. The van der Waals surface area contributed by atoms with Crippen LogP contribution in [0.2, 0.25) is 5.02 Å². The van der Waals surface area contributed by atoms with E-state index in [9.17, 15) is 9.59 Å². The van der Waals surface area contributed by atoms with Gasteiger partial charge in [-0.2, -0.15) is 0 Å². The number of halogens is 1. The van der Waals surface area contributed by atoms with Gasteiger partial charge in [-0.15, -0.1) is 0 Å². The molecule has 3 aromatic rings.